The highest BCUT2D eigenvalue weighted by molar-refractivity contribution is 6.36. The molecular weight excluding hydrogens is 319 g/mol. The number of benzene rings is 2. The Morgan fingerprint density at radius 2 is 1.86 bits per heavy atom. The van der Waals surface area contributed by atoms with Crippen molar-refractivity contribution < 1.29 is 4.79 Å². The van der Waals surface area contributed by atoms with Gasteiger partial charge in [-0.3, -0.25) is 4.79 Å². The van der Waals surface area contributed by atoms with Crippen LogP contribution in [0.3, 0.4) is 0 Å². The summed E-state index contributed by atoms with van der Waals surface area (Å²) in [6.45, 7) is 2.07. The maximum absolute atomic E-state index is 12.2. The SMILES string of the molecule is CCC/C(=N/NC(=O)c1ccc(Cl)cc1Cl)c1ccccc1. The van der Waals surface area contributed by atoms with E-state index in [1.807, 2.05) is 30.3 Å². The minimum Gasteiger partial charge on any atom is -0.267 e. The Morgan fingerprint density at radius 1 is 1.14 bits per heavy atom. The highest BCUT2D eigenvalue weighted by atomic mass is 35.5. The standard InChI is InChI=1S/C17H16Cl2N2O/c1-2-6-16(12-7-4-3-5-8-12)20-21-17(22)14-10-9-13(18)11-15(14)19/h3-5,7-11H,2,6H2,1H3,(H,21,22)/b20-16-. The van der Waals surface area contributed by atoms with Gasteiger partial charge in [0.25, 0.3) is 5.91 Å². The summed E-state index contributed by atoms with van der Waals surface area (Å²) in [5.41, 5.74) is 4.74. The zero-order chi connectivity index (χ0) is 15.9. The highest BCUT2D eigenvalue weighted by Gasteiger charge is 2.11. The van der Waals surface area contributed by atoms with Crippen LogP contribution in [0.4, 0.5) is 0 Å². The molecule has 0 aliphatic carbocycles. The van der Waals surface area contributed by atoms with Crippen molar-refractivity contribution in [3.63, 3.8) is 0 Å². The van der Waals surface area contributed by atoms with Crippen LogP contribution >= 0.6 is 23.2 Å². The van der Waals surface area contributed by atoms with E-state index >= 15 is 0 Å². The molecule has 0 fully saturated rings. The van der Waals surface area contributed by atoms with Gasteiger partial charge >= 0.3 is 0 Å². The number of carbonyl (C=O) groups is 1. The van der Waals surface area contributed by atoms with E-state index in [2.05, 4.69) is 17.5 Å². The van der Waals surface area contributed by atoms with Crippen molar-refractivity contribution in [3.8, 4) is 0 Å². The zero-order valence-corrected chi connectivity index (χ0v) is 13.7. The molecule has 2 rings (SSSR count). The van der Waals surface area contributed by atoms with E-state index in [4.69, 9.17) is 23.2 Å². The summed E-state index contributed by atoms with van der Waals surface area (Å²) >= 11 is 11.9. The Kier molecular flexibility index (Phi) is 5.99. The second kappa shape index (κ2) is 7.97. The van der Waals surface area contributed by atoms with Crippen LogP contribution in [-0.2, 0) is 0 Å². The topological polar surface area (TPSA) is 41.5 Å². The lowest BCUT2D eigenvalue weighted by atomic mass is 10.1. The van der Waals surface area contributed by atoms with Crippen LogP contribution in [-0.4, -0.2) is 11.6 Å². The Balaban J connectivity index is 2.18. The summed E-state index contributed by atoms with van der Waals surface area (Å²) in [6, 6.07) is 14.5. The van der Waals surface area contributed by atoms with Crippen LogP contribution in [0, 0.1) is 0 Å². The monoisotopic (exact) mass is 334 g/mol. The van der Waals surface area contributed by atoms with E-state index in [-0.39, 0.29) is 5.91 Å². The molecule has 0 atom stereocenters. The summed E-state index contributed by atoms with van der Waals surface area (Å²) < 4.78 is 0. The van der Waals surface area contributed by atoms with Crippen molar-refractivity contribution in [3.05, 3.63) is 69.7 Å². The number of hydrogen-bond acceptors (Lipinski definition) is 2. The van der Waals surface area contributed by atoms with Gasteiger partial charge in [0.1, 0.15) is 0 Å². The predicted octanol–water partition coefficient (Wildman–Crippen LogP) is 4.93. The average Bonchev–Trinajstić information content (AvgIpc) is 2.52. The van der Waals surface area contributed by atoms with Gasteiger partial charge in [-0.2, -0.15) is 5.10 Å². The fourth-order valence-corrected chi connectivity index (χ4v) is 2.48. The molecule has 2 aromatic rings. The van der Waals surface area contributed by atoms with Gasteiger partial charge in [-0.1, -0.05) is 66.9 Å². The number of halogens is 2. The molecule has 0 aliphatic heterocycles. The molecule has 114 valence electrons. The summed E-state index contributed by atoms with van der Waals surface area (Å²) in [5, 5.41) is 5.04. The van der Waals surface area contributed by atoms with Crippen molar-refractivity contribution in [2.45, 2.75) is 19.8 Å². The number of carbonyl (C=O) groups excluding carboxylic acids is 1. The van der Waals surface area contributed by atoms with E-state index in [1.54, 1.807) is 12.1 Å². The molecule has 0 saturated heterocycles. The van der Waals surface area contributed by atoms with Crippen molar-refractivity contribution in [2.24, 2.45) is 5.10 Å². The van der Waals surface area contributed by atoms with Crippen LogP contribution in [0.25, 0.3) is 0 Å². The van der Waals surface area contributed by atoms with Gasteiger partial charge < -0.3 is 0 Å². The smallest absolute Gasteiger partial charge is 0.267 e. The minimum absolute atomic E-state index is 0.303. The Bertz CT molecular complexity index is 684. The maximum atomic E-state index is 12.2. The van der Waals surface area contributed by atoms with E-state index in [0.29, 0.717) is 15.6 Å². The molecule has 22 heavy (non-hydrogen) atoms. The first-order chi connectivity index (χ1) is 10.6. The number of nitrogens with one attached hydrogen (secondary N) is 1. The number of nitrogens with zero attached hydrogens (tertiary/aromatic N) is 1. The Morgan fingerprint density at radius 3 is 2.50 bits per heavy atom. The molecule has 3 nitrogen and oxygen atoms in total. The molecule has 0 unspecified atom stereocenters. The van der Waals surface area contributed by atoms with Crippen molar-refractivity contribution >= 4 is 34.8 Å². The molecule has 1 N–H and O–H groups in total. The first-order valence-electron chi connectivity index (χ1n) is 6.99. The average molecular weight is 335 g/mol. The molecule has 0 saturated carbocycles. The Labute approximate surface area is 139 Å². The van der Waals surface area contributed by atoms with E-state index in [0.717, 1.165) is 24.1 Å². The van der Waals surface area contributed by atoms with Crippen LogP contribution in [0.5, 0.6) is 0 Å². The van der Waals surface area contributed by atoms with Gasteiger partial charge in [0.05, 0.1) is 16.3 Å². The third-order valence-electron chi connectivity index (χ3n) is 3.06. The van der Waals surface area contributed by atoms with Crippen molar-refractivity contribution in [1.29, 1.82) is 0 Å². The lowest BCUT2D eigenvalue weighted by molar-refractivity contribution is 0.0955. The second-order valence-electron chi connectivity index (χ2n) is 4.74. The maximum Gasteiger partial charge on any atom is 0.272 e. The first-order valence-corrected chi connectivity index (χ1v) is 7.74. The third kappa shape index (κ3) is 4.33. The summed E-state index contributed by atoms with van der Waals surface area (Å²) in [4.78, 5) is 12.2. The van der Waals surface area contributed by atoms with Gasteiger partial charge in [-0.05, 0) is 30.2 Å². The molecule has 0 bridgehead atoms. The normalized spacial score (nSPS) is 11.3. The molecular formula is C17H16Cl2N2O. The number of hydrogen-bond donors (Lipinski definition) is 1. The second-order valence-corrected chi connectivity index (χ2v) is 5.58. The predicted molar refractivity (Wildman–Crippen MR) is 91.8 cm³/mol. The molecule has 0 aliphatic rings. The molecule has 0 heterocycles. The molecule has 2 aromatic carbocycles. The van der Waals surface area contributed by atoms with E-state index in [1.165, 1.54) is 6.07 Å². The fourth-order valence-electron chi connectivity index (χ4n) is 1.98. The number of hydrazone groups is 1. The van der Waals surface area contributed by atoms with Gasteiger partial charge in [0.2, 0.25) is 0 Å². The molecule has 0 aromatic heterocycles. The first kappa shape index (κ1) is 16.5. The van der Waals surface area contributed by atoms with Crippen LogP contribution < -0.4 is 5.43 Å². The third-order valence-corrected chi connectivity index (χ3v) is 3.61. The minimum atomic E-state index is -0.355. The number of amides is 1. The van der Waals surface area contributed by atoms with Crippen LogP contribution in [0.1, 0.15) is 35.7 Å². The quantitative estimate of drug-likeness (QED) is 0.611. The summed E-state index contributed by atoms with van der Waals surface area (Å²) in [5.74, 6) is -0.355. The molecule has 5 heteroatoms. The Hall–Kier alpha value is -1.84. The van der Waals surface area contributed by atoms with Gasteiger partial charge in [-0.25, -0.2) is 5.43 Å². The van der Waals surface area contributed by atoms with E-state index < -0.39 is 0 Å². The van der Waals surface area contributed by atoms with Crippen LogP contribution in [0.15, 0.2) is 53.6 Å². The zero-order valence-electron chi connectivity index (χ0n) is 12.1. The van der Waals surface area contributed by atoms with Gasteiger partial charge in [0, 0.05) is 5.02 Å². The summed E-state index contributed by atoms with van der Waals surface area (Å²) in [7, 11) is 0. The largest absolute Gasteiger partial charge is 0.272 e. The van der Waals surface area contributed by atoms with Crippen LogP contribution in [0.2, 0.25) is 10.0 Å². The molecule has 0 radical (unpaired) electrons. The molecule has 1 amide bonds. The lowest BCUT2D eigenvalue weighted by Gasteiger charge is -2.07. The molecule has 0 spiro atoms. The highest BCUT2D eigenvalue weighted by Crippen LogP contribution is 2.20. The van der Waals surface area contributed by atoms with Crippen molar-refractivity contribution in [1.82, 2.24) is 5.43 Å². The number of rotatable bonds is 5. The van der Waals surface area contributed by atoms with Crippen molar-refractivity contribution in [2.75, 3.05) is 0 Å². The fraction of sp³-hybridized carbons (Fsp3) is 0.176. The van der Waals surface area contributed by atoms with Gasteiger partial charge in [0.15, 0.2) is 0 Å². The lowest BCUT2D eigenvalue weighted by Crippen LogP contribution is -2.20. The van der Waals surface area contributed by atoms with E-state index in [9.17, 15) is 4.79 Å². The van der Waals surface area contributed by atoms with Gasteiger partial charge in [-0.15, -0.1) is 0 Å². The summed E-state index contributed by atoms with van der Waals surface area (Å²) in [6.07, 6.45) is 1.71.